The maximum atomic E-state index is 4.78. The zero-order chi connectivity index (χ0) is 18.9. The van der Waals surface area contributed by atoms with Gasteiger partial charge in [-0.2, -0.15) is 0 Å². The topological polar surface area (TPSA) is 67.1 Å². The first-order valence-electron chi connectivity index (χ1n) is 10.4. The SMILES string of the molecule is CCCCNC(=NCc1nnc(C)n1C)NC(C)C(C)C1CCCCC1.I. The second kappa shape index (κ2) is 12.6. The summed E-state index contributed by atoms with van der Waals surface area (Å²) in [5, 5.41) is 15.5. The number of hydrogen-bond donors (Lipinski definition) is 2. The number of guanidine groups is 1. The first kappa shape index (κ1) is 24.2. The van der Waals surface area contributed by atoms with Crippen LogP contribution >= 0.6 is 24.0 Å². The van der Waals surface area contributed by atoms with Crippen LogP contribution in [0.1, 0.15) is 77.4 Å². The Kier molecular flexibility index (Phi) is 11.3. The molecule has 1 aliphatic rings. The molecule has 1 aliphatic carbocycles. The standard InChI is InChI=1S/C20H38N6.HI/c1-6-7-13-21-20(22-14-19-25-24-17(4)26(19)5)23-16(3)15(2)18-11-9-8-10-12-18;/h15-16,18H,6-14H2,1-5H3,(H2,21,22,23);1H. The predicted octanol–water partition coefficient (Wildman–Crippen LogP) is 4.18. The number of hydrogen-bond acceptors (Lipinski definition) is 3. The van der Waals surface area contributed by atoms with Crippen molar-refractivity contribution >= 4 is 29.9 Å². The highest BCUT2D eigenvalue weighted by Crippen LogP contribution is 2.31. The Hall–Kier alpha value is -0.860. The van der Waals surface area contributed by atoms with Gasteiger partial charge in [0, 0.05) is 19.6 Å². The number of aromatic nitrogens is 3. The summed E-state index contributed by atoms with van der Waals surface area (Å²) in [5.41, 5.74) is 0. The third-order valence-electron chi connectivity index (χ3n) is 5.93. The number of aliphatic imine (C=N–C) groups is 1. The maximum Gasteiger partial charge on any atom is 0.191 e. The van der Waals surface area contributed by atoms with E-state index in [2.05, 4.69) is 41.6 Å². The second-order valence-electron chi connectivity index (χ2n) is 7.86. The molecular weight excluding hydrogens is 451 g/mol. The molecule has 1 aromatic heterocycles. The van der Waals surface area contributed by atoms with Crippen molar-refractivity contribution in [1.29, 1.82) is 0 Å². The van der Waals surface area contributed by atoms with Crippen molar-refractivity contribution in [2.45, 2.75) is 85.2 Å². The van der Waals surface area contributed by atoms with Gasteiger partial charge in [-0.15, -0.1) is 34.2 Å². The van der Waals surface area contributed by atoms with Crippen LogP contribution in [0.15, 0.2) is 4.99 Å². The molecule has 27 heavy (non-hydrogen) atoms. The van der Waals surface area contributed by atoms with Gasteiger partial charge in [0.05, 0.1) is 0 Å². The van der Waals surface area contributed by atoms with Crippen LogP contribution < -0.4 is 10.6 Å². The molecule has 0 radical (unpaired) electrons. The van der Waals surface area contributed by atoms with Crippen LogP contribution in [0.3, 0.4) is 0 Å². The van der Waals surface area contributed by atoms with E-state index in [1.807, 2.05) is 18.5 Å². The Balaban J connectivity index is 0.00000364. The molecule has 0 saturated heterocycles. The first-order chi connectivity index (χ1) is 12.5. The van der Waals surface area contributed by atoms with E-state index in [1.165, 1.54) is 38.5 Å². The van der Waals surface area contributed by atoms with Gasteiger partial charge in [0.1, 0.15) is 12.4 Å². The molecule has 6 nitrogen and oxygen atoms in total. The molecule has 0 aliphatic heterocycles. The maximum absolute atomic E-state index is 4.78. The highest BCUT2D eigenvalue weighted by molar-refractivity contribution is 14.0. The molecule has 2 unspecified atom stereocenters. The van der Waals surface area contributed by atoms with Crippen molar-refractivity contribution < 1.29 is 0 Å². The molecule has 1 aromatic rings. The minimum absolute atomic E-state index is 0. The molecule has 2 atom stereocenters. The van der Waals surface area contributed by atoms with Crippen molar-refractivity contribution in [3.63, 3.8) is 0 Å². The van der Waals surface area contributed by atoms with Crippen molar-refractivity contribution in [3.05, 3.63) is 11.6 Å². The monoisotopic (exact) mass is 490 g/mol. The summed E-state index contributed by atoms with van der Waals surface area (Å²) in [4.78, 5) is 4.78. The first-order valence-corrected chi connectivity index (χ1v) is 10.4. The van der Waals surface area contributed by atoms with Crippen LogP contribution in [0.25, 0.3) is 0 Å². The third kappa shape index (κ3) is 7.58. The Morgan fingerprint density at radius 2 is 1.93 bits per heavy atom. The fraction of sp³-hybridized carbons (Fsp3) is 0.850. The van der Waals surface area contributed by atoms with Crippen LogP contribution in [0.4, 0.5) is 0 Å². The summed E-state index contributed by atoms with van der Waals surface area (Å²) in [5.74, 6) is 4.21. The highest BCUT2D eigenvalue weighted by atomic mass is 127. The average molecular weight is 490 g/mol. The summed E-state index contributed by atoms with van der Waals surface area (Å²) in [6.45, 7) is 10.4. The Bertz CT molecular complexity index is 565. The van der Waals surface area contributed by atoms with Crippen molar-refractivity contribution in [3.8, 4) is 0 Å². The lowest BCUT2D eigenvalue weighted by Gasteiger charge is -2.33. The van der Waals surface area contributed by atoms with Gasteiger partial charge in [-0.1, -0.05) is 52.4 Å². The van der Waals surface area contributed by atoms with Gasteiger partial charge in [0.15, 0.2) is 11.8 Å². The van der Waals surface area contributed by atoms with Crippen LogP contribution in [-0.4, -0.2) is 33.3 Å². The van der Waals surface area contributed by atoms with E-state index in [9.17, 15) is 0 Å². The Morgan fingerprint density at radius 3 is 2.52 bits per heavy atom. The van der Waals surface area contributed by atoms with Gasteiger partial charge in [0.25, 0.3) is 0 Å². The number of aryl methyl sites for hydroxylation is 1. The fourth-order valence-corrected chi connectivity index (χ4v) is 3.69. The quantitative estimate of drug-likeness (QED) is 0.248. The number of nitrogens with zero attached hydrogens (tertiary/aromatic N) is 4. The molecule has 0 bridgehead atoms. The van der Waals surface area contributed by atoms with Crippen molar-refractivity contribution in [2.75, 3.05) is 6.54 Å². The van der Waals surface area contributed by atoms with E-state index >= 15 is 0 Å². The van der Waals surface area contributed by atoms with Crippen LogP contribution in [-0.2, 0) is 13.6 Å². The molecule has 0 spiro atoms. The minimum Gasteiger partial charge on any atom is -0.356 e. The van der Waals surface area contributed by atoms with Crippen LogP contribution in [0.2, 0.25) is 0 Å². The lowest BCUT2D eigenvalue weighted by Crippen LogP contribution is -2.46. The Morgan fingerprint density at radius 1 is 1.22 bits per heavy atom. The largest absolute Gasteiger partial charge is 0.356 e. The molecule has 0 aromatic carbocycles. The number of nitrogens with one attached hydrogen (secondary N) is 2. The molecule has 156 valence electrons. The summed E-state index contributed by atoms with van der Waals surface area (Å²) >= 11 is 0. The number of rotatable bonds is 8. The average Bonchev–Trinajstić information content (AvgIpc) is 2.98. The summed E-state index contributed by atoms with van der Waals surface area (Å²) in [6, 6.07) is 0.409. The van der Waals surface area contributed by atoms with Gasteiger partial charge in [0.2, 0.25) is 0 Å². The molecule has 2 rings (SSSR count). The minimum atomic E-state index is 0. The summed E-state index contributed by atoms with van der Waals surface area (Å²) in [6.07, 6.45) is 9.27. The number of halogens is 1. The molecule has 1 saturated carbocycles. The van der Waals surface area contributed by atoms with Gasteiger partial charge in [-0.05, 0) is 32.1 Å². The Labute approximate surface area is 182 Å². The van der Waals surface area contributed by atoms with Crippen LogP contribution in [0, 0.1) is 18.8 Å². The third-order valence-corrected chi connectivity index (χ3v) is 5.93. The van der Waals surface area contributed by atoms with Crippen molar-refractivity contribution in [1.82, 2.24) is 25.4 Å². The summed E-state index contributed by atoms with van der Waals surface area (Å²) in [7, 11) is 1.99. The molecule has 7 heteroatoms. The van der Waals surface area contributed by atoms with E-state index in [-0.39, 0.29) is 24.0 Å². The lowest BCUT2D eigenvalue weighted by molar-refractivity contribution is 0.229. The molecule has 0 amide bonds. The van der Waals surface area contributed by atoms with E-state index in [4.69, 9.17) is 4.99 Å². The van der Waals surface area contributed by atoms with Gasteiger partial charge in [-0.3, -0.25) is 0 Å². The normalized spacial score (nSPS) is 17.9. The van der Waals surface area contributed by atoms with Crippen LogP contribution in [0.5, 0.6) is 0 Å². The van der Waals surface area contributed by atoms with Gasteiger partial charge < -0.3 is 15.2 Å². The van der Waals surface area contributed by atoms with E-state index in [1.54, 1.807) is 0 Å². The van der Waals surface area contributed by atoms with Gasteiger partial charge in [-0.25, -0.2) is 4.99 Å². The molecule has 2 N–H and O–H groups in total. The van der Waals surface area contributed by atoms with E-state index in [0.29, 0.717) is 18.5 Å². The zero-order valence-electron chi connectivity index (χ0n) is 17.8. The molecular formula is C20H39IN6. The molecule has 1 fully saturated rings. The molecule has 1 heterocycles. The van der Waals surface area contributed by atoms with Crippen molar-refractivity contribution in [2.24, 2.45) is 23.9 Å². The number of unbranched alkanes of at least 4 members (excludes halogenated alkanes) is 1. The highest BCUT2D eigenvalue weighted by Gasteiger charge is 2.25. The second-order valence-corrected chi connectivity index (χ2v) is 7.86. The summed E-state index contributed by atoms with van der Waals surface area (Å²) < 4.78 is 2.00. The predicted molar refractivity (Wildman–Crippen MR) is 124 cm³/mol. The fourth-order valence-electron chi connectivity index (χ4n) is 3.69. The van der Waals surface area contributed by atoms with Gasteiger partial charge >= 0.3 is 0 Å². The smallest absolute Gasteiger partial charge is 0.191 e. The van der Waals surface area contributed by atoms with E-state index < -0.39 is 0 Å². The lowest BCUT2D eigenvalue weighted by atomic mass is 9.78. The zero-order valence-corrected chi connectivity index (χ0v) is 20.1. The van der Waals surface area contributed by atoms with E-state index in [0.717, 1.165) is 36.5 Å².